The van der Waals surface area contributed by atoms with Gasteiger partial charge < -0.3 is 10.6 Å². The lowest BCUT2D eigenvalue weighted by atomic mass is 10.3. The maximum atomic E-state index is 13.6. The number of anilines is 1. The fourth-order valence-electron chi connectivity index (χ4n) is 1.21. The van der Waals surface area contributed by atoms with Crippen molar-refractivity contribution in [1.82, 2.24) is 9.97 Å². The molecular formula is C9H15FN4. The van der Waals surface area contributed by atoms with Crippen LogP contribution in [0, 0.1) is 5.82 Å². The Morgan fingerprint density at radius 2 is 2.21 bits per heavy atom. The number of rotatable bonds is 4. The first-order chi connectivity index (χ1) is 6.70. The van der Waals surface area contributed by atoms with Gasteiger partial charge >= 0.3 is 0 Å². The third-order valence-electron chi connectivity index (χ3n) is 2.00. The third-order valence-corrected chi connectivity index (χ3v) is 2.00. The van der Waals surface area contributed by atoms with E-state index in [9.17, 15) is 4.39 Å². The van der Waals surface area contributed by atoms with Gasteiger partial charge in [0.2, 0.25) is 0 Å². The average molecular weight is 198 g/mol. The molecule has 0 amide bonds. The van der Waals surface area contributed by atoms with Crippen LogP contribution in [0.5, 0.6) is 0 Å². The number of halogens is 1. The average Bonchev–Trinajstić information content (AvgIpc) is 2.18. The lowest BCUT2D eigenvalue weighted by Crippen LogP contribution is -2.27. The number of hydrogen-bond donors (Lipinski definition) is 1. The Hall–Kier alpha value is -1.23. The standard InChI is InChI=1S/C9H15FN4/c1-3-7-8(10)9(13-6-12-7)14(2)5-4-11/h6H,3-5,11H2,1-2H3. The van der Waals surface area contributed by atoms with Crippen molar-refractivity contribution in [2.75, 3.05) is 25.0 Å². The SMILES string of the molecule is CCc1ncnc(N(C)CCN)c1F. The van der Waals surface area contributed by atoms with Crippen LogP contribution in [-0.4, -0.2) is 30.1 Å². The van der Waals surface area contributed by atoms with Crippen molar-refractivity contribution in [3.8, 4) is 0 Å². The third kappa shape index (κ3) is 2.17. The molecular weight excluding hydrogens is 183 g/mol. The predicted molar refractivity (Wildman–Crippen MR) is 53.7 cm³/mol. The lowest BCUT2D eigenvalue weighted by molar-refractivity contribution is 0.588. The highest BCUT2D eigenvalue weighted by atomic mass is 19.1. The second-order valence-corrected chi connectivity index (χ2v) is 3.02. The number of nitrogens with two attached hydrogens (primary N) is 1. The van der Waals surface area contributed by atoms with E-state index in [0.717, 1.165) is 0 Å². The minimum atomic E-state index is -0.342. The van der Waals surface area contributed by atoms with E-state index in [1.165, 1.54) is 6.33 Å². The molecule has 0 spiro atoms. The Kier molecular flexibility index (Phi) is 3.76. The second-order valence-electron chi connectivity index (χ2n) is 3.02. The van der Waals surface area contributed by atoms with E-state index < -0.39 is 0 Å². The molecule has 1 aromatic rings. The summed E-state index contributed by atoms with van der Waals surface area (Å²) in [4.78, 5) is 9.44. The van der Waals surface area contributed by atoms with E-state index in [4.69, 9.17) is 5.73 Å². The number of hydrogen-bond acceptors (Lipinski definition) is 4. The number of likely N-dealkylation sites (N-methyl/N-ethyl adjacent to an activating group) is 1. The maximum absolute atomic E-state index is 13.6. The Morgan fingerprint density at radius 1 is 1.50 bits per heavy atom. The summed E-state index contributed by atoms with van der Waals surface area (Å²) in [5, 5.41) is 0. The molecule has 0 aromatic carbocycles. The van der Waals surface area contributed by atoms with E-state index in [2.05, 4.69) is 9.97 Å². The van der Waals surface area contributed by atoms with Crippen LogP contribution in [0.15, 0.2) is 6.33 Å². The highest BCUT2D eigenvalue weighted by Gasteiger charge is 2.12. The van der Waals surface area contributed by atoms with Crippen LogP contribution in [0.3, 0.4) is 0 Å². The zero-order chi connectivity index (χ0) is 10.6. The van der Waals surface area contributed by atoms with Gasteiger partial charge in [-0.05, 0) is 6.42 Å². The molecule has 0 saturated heterocycles. The monoisotopic (exact) mass is 198 g/mol. The molecule has 0 aliphatic heterocycles. The zero-order valence-electron chi connectivity index (χ0n) is 8.50. The van der Waals surface area contributed by atoms with Gasteiger partial charge in [-0.25, -0.2) is 14.4 Å². The topological polar surface area (TPSA) is 55.0 Å². The van der Waals surface area contributed by atoms with Crippen LogP contribution in [0.1, 0.15) is 12.6 Å². The van der Waals surface area contributed by atoms with Gasteiger partial charge in [0, 0.05) is 20.1 Å². The van der Waals surface area contributed by atoms with Gasteiger partial charge in [-0.3, -0.25) is 0 Å². The molecule has 1 heterocycles. The number of aromatic nitrogens is 2. The molecule has 4 nitrogen and oxygen atoms in total. The summed E-state index contributed by atoms with van der Waals surface area (Å²) in [6.07, 6.45) is 1.95. The fourth-order valence-corrected chi connectivity index (χ4v) is 1.21. The van der Waals surface area contributed by atoms with Crippen molar-refractivity contribution in [2.45, 2.75) is 13.3 Å². The van der Waals surface area contributed by atoms with Crippen LogP contribution < -0.4 is 10.6 Å². The van der Waals surface area contributed by atoms with E-state index in [-0.39, 0.29) is 5.82 Å². The molecule has 0 unspecified atom stereocenters. The molecule has 1 aromatic heterocycles. The van der Waals surface area contributed by atoms with Crippen LogP contribution in [-0.2, 0) is 6.42 Å². The first-order valence-electron chi connectivity index (χ1n) is 4.61. The van der Waals surface area contributed by atoms with Crippen molar-refractivity contribution in [3.05, 3.63) is 17.8 Å². The van der Waals surface area contributed by atoms with Gasteiger partial charge in [0.25, 0.3) is 0 Å². The summed E-state index contributed by atoms with van der Waals surface area (Å²) in [6, 6.07) is 0. The Balaban J connectivity index is 2.96. The zero-order valence-corrected chi connectivity index (χ0v) is 8.50. The summed E-state index contributed by atoms with van der Waals surface area (Å²) in [6.45, 7) is 2.91. The molecule has 5 heteroatoms. The summed E-state index contributed by atoms with van der Waals surface area (Å²) in [5.41, 5.74) is 5.82. The highest BCUT2D eigenvalue weighted by Crippen LogP contribution is 2.16. The van der Waals surface area contributed by atoms with Crippen LogP contribution in [0.2, 0.25) is 0 Å². The van der Waals surface area contributed by atoms with E-state index in [1.807, 2.05) is 6.92 Å². The summed E-state index contributed by atoms with van der Waals surface area (Å²) in [7, 11) is 1.76. The van der Waals surface area contributed by atoms with Crippen LogP contribution in [0.25, 0.3) is 0 Å². The van der Waals surface area contributed by atoms with E-state index in [0.29, 0.717) is 31.0 Å². The summed E-state index contributed by atoms with van der Waals surface area (Å²) in [5.74, 6) is -0.0201. The molecule has 78 valence electrons. The van der Waals surface area contributed by atoms with Crippen molar-refractivity contribution in [3.63, 3.8) is 0 Å². The normalized spacial score (nSPS) is 10.3. The summed E-state index contributed by atoms with van der Waals surface area (Å²) >= 11 is 0. The smallest absolute Gasteiger partial charge is 0.187 e. The summed E-state index contributed by atoms with van der Waals surface area (Å²) < 4.78 is 13.6. The largest absolute Gasteiger partial charge is 0.356 e. The molecule has 14 heavy (non-hydrogen) atoms. The molecule has 0 saturated carbocycles. The number of aryl methyl sites for hydroxylation is 1. The highest BCUT2D eigenvalue weighted by molar-refractivity contribution is 5.39. The van der Waals surface area contributed by atoms with Gasteiger partial charge in [0.05, 0.1) is 5.69 Å². The Bertz CT molecular complexity index is 303. The second kappa shape index (κ2) is 4.85. The molecule has 0 fully saturated rings. The van der Waals surface area contributed by atoms with Gasteiger partial charge in [0.15, 0.2) is 11.6 Å². The predicted octanol–water partition coefficient (Wildman–Crippen LogP) is 0.573. The molecule has 0 bridgehead atoms. The van der Waals surface area contributed by atoms with Crippen LogP contribution in [0.4, 0.5) is 10.2 Å². The Morgan fingerprint density at radius 3 is 2.79 bits per heavy atom. The molecule has 0 atom stereocenters. The molecule has 0 aliphatic carbocycles. The van der Waals surface area contributed by atoms with Gasteiger partial charge in [-0.2, -0.15) is 0 Å². The van der Waals surface area contributed by atoms with Crippen molar-refractivity contribution < 1.29 is 4.39 Å². The minimum Gasteiger partial charge on any atom is -0.356 e. The molecule has 0 radical (unpaired) electrons. The first-order valence-corrected chi connectivity index (χ1v) is 4.61. The fraction of sp³-hybridized carbons (Fsp3) is 0.556. The Labute approximate surface area is 83.0 Å². The van der Waals surface area contributed by atoms with Gasteiger partial charge in [-0.15, -0.1) is 0 Å². The maximum Gasteiger partial charge on any atom is 0.187 e. The first kappa shape index (κ1) is 10.8. The molecule has 0 aliphatic rings. The quantitative estimate of drug-likeness (QED) is 0.768. The van der Waals surface area contributed by atoms with Crippen molar-refractivity contribution >= 4 is 5.82 Å². The molecule has 1 rings (SSSR count). The minimum absolute atomic E-state index is 0.322. The number of nitrogens with zero attached hydrogens (tertiary/aromatic N) is 3. The van der Waals surface area contributed by atoms with Gasteiger partial charge in [-0.1, -0.05) is 6.92 Å². The van der Waals surface area contributed by atoms with Crippen molar-refractivity contribution in [1.29, 1.82) is 0 Å². The van der Waals surface area contributed by atoms with Crippen molar-refractivity contribution in [2.24, 2.45) is 5.73 Å². The van der Waals surface area contributed by atoms with E-state index >= 15 is 0 Å². The van der Waals surface area contributed by atoms with E-state index in [1.54, 1.807) is 11.9 Å². The van der Waals surface area contributed by atoms with Gasteiger partial charge in [0.1, 0.15) is 6.33 Å². The lowest BCUT2D eigenvalue weighted by Gasteiger charge is -2.17. The van der Waals surface area contributed by atoms with Crippen LogP contribution >= 0.6 is 0 Å². The molecule has 2 N–H and O–H groups in total.